The lowest BCUT2D eigenvalue weighted by molar-refractivity contribution is -0.142. The molecule has 0 radical (unpaired) electrons. The van der Waals surface area contributed by atoms with Gasteiger partial charge >= 0.3 is 5.97 Å². The van der Waals surface area contributed by atoms with Crippen molar-refractivity contribution in [3.63, 3.8) is 0 Å². The van der Waals surface area contributed by atoms with E-state index in [-0.39, 0.29) is 37.7 Å². The molecule has 5 unspecified atom stereocenters. The summed E-state index contributed by atoms with van der Waals surface area (Å²) >= 11 is 0. The average Bonchev–Trinajstić information content (AvgIpc) is 3.43. The molecule has 5 atom stereocenters. The van der Waals surface area contributed by atoms with Crippen molar-refractivity contribution in [3.05, 3.63) is 71.9 Å². The molecule has 0 aliphatic carbocycles. The minimum absolute atomic E-state index is 0.0659. The number of aliphatic imine (C=N–C) groups is 1. The summed E-state index contributed by atoms with van der Waals surface area (Å²) < 4.78 is 0. The molecule has 0 aliphatic heterocycles. The monoisotopic (exact) mass is 620 g/mol. The van der Waals surface area contributed by atoms with Crippen molar-refractivity contribution in [1.82, 2.24) is 20.9 Å². The molecule has 0 fully saturated rings. The fourth-order valence-electron chi connectivity index (χ4n) is 4.95. The first-order chi connectivity index (χ1) is 21.5. The lowest BCUT2D eigenvalue weighted by Gasteiger charge is -2.28. The van der Waals surface area contributed by atoms with Crippen molar-refractivity contribution in [2.75, 3.05) is 6.54 Å². The van der Waals surface area contributed by atoms with Crippen LogP contribution in [0.15, 0.2) is 65.8 Å². The van der Waals surface area contributed by atoms with Crippen molar-refractivity contribution >= 4 is 40.6 Å². The second-order valence-corrected chi connectivity index (χ2v) is 11.1. The van der Waals surface area contributed by atoms with E-state index in [1.54, 1.807) is 6.20 Å². The summed E-state index contributed by atoms with van der Waals surface area (Å²) in [4.78, 5) is 59.5. The minimum atomic E-state index is -1.24. The Morgan fingerprint density at radius 3 is 2.22 bits per heavy atom. The molecular weight excluding hydrogens is 576 g/mol. The smallest absolute Gasteiger partial charge is 0.326 e. The van der Waals surface area contributed by atoms with Crippen LogP contribution in [-0.4, -0.2) is 70.5 Å². The number of nitrogens with zero attached hydrogens (tertiary/aromatic N) is 1. The second kappa shape index (κ2) is 16.8. The molecule has 0 saturated carbocycles. The molecule has 2 aromatic carbocycles. The topological polar surface area (TPSA) is 231 Å². The number of hydrogen-bond donors (Lipinski definition) is 8. The summed E-state index contributed by atoms with van der Waals surface area (Å²) in [7, 11) is 0. The van der Waals surface area contributed by atoms with Gasteiger partial charge in [-0.05, 0) is 42.4 Å². The standard InChI is InChI=1S/C32H44N8O5/c1-3-19(2)27(40-28(41)23(33)16-20-10-5-4-6-11-20)30(43)39-26(17-21-18-37-24-13-8-7-12-22(21)24)29(42)38-25(31(44)45)14-9-15-36-32(34)35/h4-8,10-13,18-19,23,25-27,37H,3,9,14-17,33H2,1-2H3,(H,38,42)(H,39,43)(H,40,41)(H,44,45)(H4,34,35,36). The van der Waals surface area contributed by atoms with E-state index in [1.165, 1.54) is 0 Å². The Hall–Kier alpha value is -4.91. The van der Waals surface area contributed by atoms with Gasteiger partial charge in [-0.15, -0.1) is 0 Å². The maximum atomic E-state index is 13.8. The van der Waals surface area contributed by atoms with E-state index < -0.39 is 47.9 Å². The molecule has 0 spiro atoms. The number of carboxylic acids is 1. The molecule has 13 nitrogen and oxygen atoms in total. The van der Waals surface area contributed by atoms with Gasteiger partial charge < -0.3 is 43.2 Å². The van der Waals surface area contributed by atoms with Gasteiger partial charge in [-0.1, -0.05) is 68.8 Å². The van der Waals surface area contributed by atoms with Crippen molar-refractivity contribution in [1.29, 1.82) is 0 Å². The van der Waals surface area contributed by atoms with Crippen LogP contribution in [0.25, 0.3) is 10.9 Å². The van der Waals surface area contributed by atoms with Crippen LogP contribution in [0.5, 0.6) is 0 Å². The highest BCUT2D eigenvalue weighted by atomic mass is 16.4. The van der Waals surface area contributed by atoms with E-state index >= 15 is 0 Å². The molecule has 0 bridgehead atoms. The Kier molecular flexibility index (Phi) is 12.9. The van der Waals surface area contributed by atoms with Crippen molar-refractivity contribution < 1.29 is 24.3 Å². The van der Waals surface area contributed by atoms with Crippen LogP contribution in [0.1, 0.15) is 44.2 Å². The SMILES string of the molecule is CCC(C)C(NC(=O)C(N)Cc1ccccc1)C(=O)NC(Cc1c[nH]c2ccccc12)C(=O)NC(CCCN=C(N)N)C(=O)O. The summed E-state index contributed by atoms with van der Waals surface area (Å²) in [6, 6.07) is 12.5. The van der Waals surface area contributed by atoms with E-state index in [9.17, 15) is 24.3 Å². The fourth-order valence-corrected chi connectivity index (χ4v) is 4.95. The number of fused-ring (bicyclic) bond motifs is 1. The molecule has 13 heteroatoms. The third kappa shape index (κ3) is 10.3. The van der Waals surface area contributed by atoms with Crippen LogP contribution in [-0.2, 0) is 32.0 Å². The number of aromatic amines is 1. The Morgan fingerprint density at radius 2 is 1.56 bits per heavy atom. The normalized spacial score (nSPS) is 14.4. The highest BCUT2D eigenvalue weighted by molar-refractivity contribution is 5.95. The molecule has 11 N–H and O–H groups in total. The Bertz CT molecular complexity index is 1470. The number of carbonyl (C=O) groups excluding carboxylic acids is 3. The van der Waals surface area contributed by atoms with Gasteiger partial charge in [-0.2, -0.15) is 0 Å². The van der Waals surface area contributed by atoms with Crippen LogP contribution in [0, 0.1) is 5.92 Å². The number of guanidine groups is 1. The Balaban J connectivity index is 1.81. The Morgan fingerprint density at radius 1 is 0.889 bits per heavy atom. The van der Waals surface area contributed by atoms with Crippen LogP contribution < -0.4 is 33.2 Å². The van der Waals surface area contributed by atoms with E-state index in [0.717, 1.165) is 22.0 Å². The number of aliphatic carboxylic acids is 1. The predicted octanol–water partition coefficient (Wildman–Crippen LogP) is 0.919. The average molecular weight is 621 g/mol. The highest BCUT2D eigenvalue weighted by Gasteiger charge is 2.33. The molecular formula is C32H44N8O5. The largest absolute Gasteiger partial charge is 0.480 e. The zero-order chi connectivity index (χ0) is 32.9. The first kappa shape index (κ1) is 34.6. The van der Waals surface area contributed by atoms with Gasteiger partial charge in [0.05, 0.1) is 6.04 Å². The van der Waals surface area contributed by atoms with Gasteiger partial charge in [-0.3, -0.25) is 19.4 Å². The third-order valence-corrected chi connectivity index (χ3v) is 7.72. The number of carboxylic acid groups (broad SMARTS) is 1. The number of rotatable bonds is 17. The number of amides is 3. The molecule has 0 aliphatic rings. The van der Waals surface area contributed by atoms with E-state index in [0.29, 0.717) is 12.8 Å². The van der Waals surface area contributed by atoms with Crippen LogP contribution >= 0.6 is 0 Å². The number of nitrogens with two attached hydrogens (primary N) is 3. The number of nitrogens with one attached hydrogen (secondary N) is 4. The number of aromatic nitrogens is 1. The lowest BCUT2D eigenvalue weighted by atomic mass is 9.96. The van der Waals surface area contributed by atoms with Gasteiger partial charge in [0, 0.05) is 30.1 Å². The van der Waals surface area contributed by atoms with Crippen molar-refractivity contribution in [2.45, 2.75) is 70.1 Å². The van der Waals surface area contributed by atoms with Crippen LogP contribution in [0.3, 0.4) is 0 Å². The van der Waals surface area contributed by atoms with Gasteiger partial charge in [0.15, 0.2) is 5.96 Å². The van der Waals surface area contributed by atoms with Crippen LogP contribution in [0.4, 0.5) is 0 Å². The second-order valence-electron chi connectivity index (χ2n) is 11.1. The summed E-state index contributed by atoms with van der Waals surface area (Å²) in [5.74, 6) is -3.40. The molecule has 1 aromatic heterocycles. The molecule has 1 heterocycles. The summed E-state index contributed by atoms with van der Waals surface area (Å²) in [5.41, 5.74) is 19.4. The molecule has 3 amide bonds. The number of benzene rings is 2. The van der Waals surface area contributed by atoms with Crippen molar-refractivity contribution in [3.8, 4) is 0 Å². The quantitative estimate of drug-likeness (QED) is 0.0613. The van der Waals surface area contributed by atoms with E-state index in [2.05, 4.69) is 25.9 Å². The van der Waals surface area contributed by atoms with E-state index in [4.69, 9.17) is 17.2 Å². The van der Waals surface area contributed by atoms with Gasteiger partial charge in [-0.25, -0.2) is 4.79 Å². The third-order valence-electron chi connectivity index (χ3n) is 7.72. The molecule has 242 valence electrons. The van der Waals surface area contributed by atoms with E-state index in [1.807, 2.05) is 68.4 Å². The first-order valence-corrected chi connectivity index (χ1v) is 15.0. The lowest BCUT2D eigenvalue weighted by Crippen LogP contribution is -2.59. The van der Waals surface area contributed by atoms with Gasteiger partial charge in [0.25, 0.3) is 0 Å². The molecule has 45 heavy (non-hydrogen) atoms. The number of para-hydroxylation sites is 1. The maximum Gasteiger partial charge on any atom is 0.326 e. The highest BCUT2D eigenvalue weighted by Crippen LogP contribution is 2.20. The van der Waals surface area contributed by atoms with Gasteiger partial charge in [0.1, 0.15) is 18.1 Å². The summed E-state index contributed by atoms with van der Waals surface area (Å²) in [6.45, 7) is 3.90. The number of hydrogen-bond acceptors (Lipinski definition) is 6. The van der Waals surface area contributed by atoms with Gasteiger partial charge in [0.2, 0.25) is 17.7 Å². The summed E-state index contributed by atoms with van der Waals surface area (Å²) in [6.07, 6.45) is 3.03. The zero-order valence-electron chi connectivity index (χ0n) is 25.7. The zero-order valence-corrected chi connectivity index (χ0v) is 25.7. The predicted molar refractivity (Wildman–Crippen MR) is 173 cm³/mol. The minimum Gasteiger partial charge on any atom is -0.480 e. The first-order valence-electron chi connectivity index (χ1n) is 15.0. The Labute approximate surface area is 262 Å². The number of H-pyrrole nitrogens is 1. The van der Waals surface area contributed by atoms with Crippen molar-refractivity contribution in [2.24, 2.45) is 28.1 Å². The number of carbonyl (C=O) groups is 4. The molecule has 3 rings (SSSR count). The molecule has 0 saturated heterocycles. The van der Waals surface area contributed by atoms with Crippen LogP contribution in [0.2, 0.25) is 0 Å². The molecule has 3 aromatic rings. The fraction of sp³-hybridized carbons (Fsp3) is 0.406. The summed E-state index contributed by atoms with van der Waals surface area (Å²) in [5, 5.41) is 18.8. The maximum absolute atomic E-state index is 13.8.